The highest BCUT2D eigenvalue weighted by molar-refractivity contribution is 5.69. The van der Waals surface area contributed by atoms with Gasteiger partial charge in [-0.1, -0.05) is 36.8 Å². The molecule has 2 aromatic rings. The van der Waals surface area contributed by atoms with Crippen LogP contribution in [-0.4, -0.2) is 23.1 Å². The normalized spacial score (nSPS) is 26.7. The number of hydrogen-bond donors (Lipinski definition) is 1. The predicted molar refractivity (Wildman–Crippen MR) is 102 cm³/mol. The molecule has 0 spiro atoms. The highest BCUT2D eigenvalue weighted by atomic mass is 15.2. The van der Waals surface area contributed by atoms with Crippen molar-refractivity contribution in [1.82, 2.24) is 9.97 Å². The van der Waals surface area contributed by atoms with Crippen molar-refractivity contribution in [3.05, 3.63) is 48.2 Å². The molecule has 0 radical (unpaired) electrons. The quantitative estimate of drug-likeness (QED) is 0.895. The maximum absolute atomic E-state index is 4.85. The van der Waals surface area contributed by atoms with Crippen molar-refractivity contribution >= 4 is 23.5 Å². The van der Waals surface area contributed by atoms with Crippen LogP contribution in [0.1, 0.15) is 31.2 Å². The Morgan fingerprint density at radius 2 is 2.04 bits per heavy atom. The Morgan fingerprint density at radius 3 is 2.84 bits per heavy atom. The minimum absolute atomic E-state index is 0.679. The summed E-state index contributed by atoms with van der Waals surface area (Å²) in [6, 6.07) is 10.1. The molecule has 25 heavy (non-hydrogen) atoms. The van der Waals surface area contributed by atoms with E-state index in [9.17, 15) is 0 Å². The molecule has 3 atom stereocenters. The van der Waals surface area contributed by atoms with Gasteiger partial charge in [-0.05, 0) is 49.1 Å². The van der Waals surface area contributed by atoms with Crippen LogP contribution < -0.4 is 10.2 Å². The Kier molecular flexibility index (Phi) is 3.69. The van der Waals surface area contributed by atoms with Gasteiger partial charge in [0, 0.05) is 30.5 Å². The SMILES string of the molecule is C1=Cc2cnc(Nc3ccccc3)nc2N(CC2CC3CCC2C3)C1. The minimum atomic E-state index is 0.679. The average molecular weight is 332 g/mol. The van der Waals surface area contributed by atoms with Gasteiger partial charge in [0.2, 0.25) is 5.95 Å². The van der Waals surface area contributed by atoms with Crippen molar-refractivity contribution in [3.63, 3.8) is 0 Å². The van der Waals surface area contributed by atoms with E-state index < -0.39 is 0 Å². The Bertz CT molecular complexity index is 786. The van der Waals surface area contributed by atoms with Crippen LogP contribution in [0.5, 0.6) is 0 Å². The number of benzene rings is 1. The molecule has 1 aromatic carbocycles. The molecule has 2 aliphatic carbocycles. The van der Waals surface area contributed by atoms with Crippen molar-refractivity contribution in [3.8, 4) is 0 Å². The molecule has 4 heteroatoms. The van der Waals surface area contributed by atoms with E-state index in [0.717, 1.165) is 47.9 Å². The van der Waals surface area contributed by atoms with Crippen LogP contribution in [0.3, 0.4) is 0 Å². The number of nitrogens with one attached hydrogen (secondary N) is 1. The van der Waals surface area contributed by atoms with Gasteiger partial charge >= 0.3 is 0 Å². The highest BCUT2D eigenvalue weighted by Gasteiger charge is 2.40. The zero-order valence-corrected chi connectivity index (χ0v) is 14.4. The van der Waals surface area contributed by atoms with Gasteiger partial charge in [-0.3, -0.25) is 0 Å². The first kappa shape index (κ1) is 14.9. The zero-order chi connectivity index (χ0) is 16.6. The molecule has 2 bridgehead atoms. The number of rotatable bonds is 4. The fourth-order valence-electron chi connectivity index (χ4n) is 4.90. The van der Waals surface area contributed by atoms with Crippen LogP contribution in [0, 0.1) is 17.8 Å². The Labute approximate surface area is 149 Å². The Hall–Kier alpha value is -2.36. The van der Waals surface area contributed by atoms with Crippen molar-refractivity contribution in [2.75, 3.05) is 23.3 Å². The van der Waals surface area contributed by atoms with Gasteiger partial charge in [0.1, 0.15) is 5.82 Å². The van der Waals surface area contributed by atoms with Gasteiger partial charge in [0.05, 0.1) is 0 Å². The Balaban J connectivity index is 1.37. The lowest BCUT2D eigenvalue weighted by Crippen LogP contribution is -2.34. The van der Waals surface area contributed by atoms with Crippen LogP contribution >= 0.6 is 0 Å². The van der Waals surface area contributed by atoms with E-state index >= 15 is 0 Å². The van der Waals surface area contributed by atoms with E-state index in [1.54, 1.807) is 0 Å². The molecule has 4 nitrogen and oxygen atoms in total. The molecule has 128 valence electrons. The highest BCUT2D eigenvalue weighted by Crippen LogP contribution is 2.48. The van der Waals surface area contributed by atoms with E-state index in [1.807, 2.05) is 36.5 Å². The minimum Gasteiger partial charge on any atom is -0.352 e. The molecule has 2 saturated carbocycles. The average Bonchev–Trinajstić information content (AvgIpc) is 3.26. The summed E-state index contributed by atoms with van der Waals surface area (Å²) in [6.45, 7) is 2.10. The lowest BCUT2D eigenvalue weighted by molar-refractivity contribution is 0.335. The first-order valence-electron chi connectivity index (χ1n) is 9.46. The smallest absolute Gasteiger partial charge is 0.229 e. The van der Waals surface area contributed by atoms with Crippen LogP contribution in [0.2, 0.25) is 0 Å². The van der Waals surface area contributed by atoms with E-state index in [0.29, 0.717) is 5.95 Å². The summed E-state index contributed by atoms with van der Waals surface area (Å²) in [7, 11) is 0. The summed E-state index contributed by atoms with van der Waals surface area (Å²) >= 11 is 0. The van der Waals surface area contributed by atoms with Gasteiger partial charge in [-0.2, -0.15) is 4.98 Å². The largest absolute Gasteiger partial charge is 0.352 e. The van der Waals surface area contributed by atoms with Gasteiger partial charge in [-0.15, -0.1) is 0 Å². The third-order valence-corrected chi connectivity index (χ3v) is 6.09. The molecule has 0 saturated heterocycles. The first-order chi connectivity index (χ1) is 12.3. The van der Waals surface area contributed by atoms with E-state index in [2.05, 4.69) is 27.4 Å². The topological polar surface area (TPSA) is 41.1 Å². The fourth-order valence-corrected chi connectivity index (χ4v) is 4.90. The summed E-state index contributed by atoms with van der Waals surface area (Å²) in [5.74, 6) is 4.55. The number of fused-ring (bicyclic) bond motifs is 3. The summed E-state index contributed by atoms with van der Waals surface area (Å²) in [6.07, 6.45) is 12.1. The van der Waals surface area contributed by atoms with Crippen LogP contribution in [-0.2, 0) is 0 Å². The maximum atomic E-state index is 4.85. The van der Waals surface area contributed by atoms with Crippen molar-refractivity contribution in [2.45, 2.75) is 25.7 Å². The Morgan fingerprint density at radius 1 is 1.12 bits per heavy atom. The summed E-state index contributed by atoms with van der Waals surface area (Å²) < 4.78 is 0. The van der Waals surface area contributed by atoms with Crippen LogP contribution in [0.4, 0.5) is 17.5 Å². The molecular weight excluding hydrogens is 308 g/mol. The maximum Gasteiger partial charge on any atom is 0.229 e. The number of anilines is 3. The van der Waals surface area contributed by atoms with Gasteiger partial charge in [0.15, 0.2) is 0 Å². The van der Waals surface area contributed by atoms with Crippen molar-refractivity contribution in [1.29, 1.82) is 0 Å². The number of aromatic nitrogens is 2. The summed E-state index contributed by atoms with van der Waals surface area (Å²) in [5.41, 5.74) is 2.15. The summed E-state index contributed by atoms with van der Waals surface area (Å²) in [5, 5.41) is 3.32. The third kappa shape index (κ3) is 2.90. The predicted octanol–water partition coefficient (Wildman–Crippen LogP) is 4.49. The monoisotopic (exact) mass is 332 g/mol. The number of para-hydroxylation sites is 1. The number of hydrogen-bond acceptors (Lipinski definition) is 4. The first-order valence-corrected chi connectivity index (χ1v) is 9.46. The lowest BCUT2D eigenvalue weighted by Gasteiger charge is -2.32. The molecule has 3 aliphatic rings. The molecular formula is C21H24N4. The molecule has 1 N–H and O–H groups in total. The third-order valence-electron chi connectivity index (χ3n) is 6.09. The molecule has 1 aliphatic heterocycles. The molecule has 3 unspecified atom stereocenters. The molecule has 1 aromatic heterocycles. The molecule has 2 heterocycles. The number of nitrogens with zero attached hydrogens (tertiary/aromatic N) is 3. The van der Waals surface area contributed by atoms with Gasteiger partial charge in [0.25, 0.3) is 0 Å². The molecule has 5 rings (SSSR count). The van der Waals surface area contributed by atoms with E-state index in [-0.39, 0.29) is 0 Å². The fraction of sp³-hybridized carbons (Fsp3) is 0.429. The van der Waals surface area contributed by atoms with Crippen LogP contribution in [0.15, 0.2) is 42.6 Å². The summed E-state index contributed by atoms with van der Waals surface area (Å²) in [4.78, 5) is 11.8. The second-order valence-corrected chi connectivity index (χ2v) is 7.71. The molecule has 2 fully saturated rings. The van der Waals surface area contributed by atoms with Crippen LogP contribution in [0.25, 0.3) is 6.08 Å². The standard InChI is InChI=1S/C21H24N4/c1-2-6-19(7-3-1)23-21-22-13-17-5-4-10-25(20(17)24-21)14-18-12-15-8-9-16(18)11-15/h1-7,13,15-16,18H,8-12,14H2,(H,22,23,24). The van der Waals surface area contributed by atoms with Crippen molar-refractivity contribution in [2.24, 2.45) is 17.8 Å². The van der Waals surface area contributed by atoms with Gasteiger partial charge < -0.3 is 10.2 Å². The van der Waals surface area contributed by atoms with Gasteiger partial charge in [-0.25, -0.2) is 4.98 Å². The molecule has 0 amide bonds. The lowest BCUT2D eigenvalue weighted by atomic mass is 9.88. The van der Waals surface area contributed by atoms with E-state index in [4.69, 9.17) is 4.98 Å². The van der Waals surface area contributed by atoms with E-state index in [1.165, 1.54) is 25.7 Å². The van der Waals surface area contributed by atoms with Crippen molar-refractivity contribution < 1.29 is 0 Å². The zero-order valence-electron chi connectivity index (χ0n) is 14.4. The second kappa shape index (κ2) is 6.17. The second-order valence-electron chi connectivity index (χ2n) is 7.71.